The smallest absolute Gasteiger partial charge is 0.141 e. The van der Waals surface area contributed by atoms with Crippen LogP contribution in [0.1, 0.15) is 12.0 Å². The van der Waals surface area contributed by atoms with Crippen molar-refractivity contribution in [1.82, 2.24) is 4.90 Å². The van der Waals surface area contributed by atoms with E-state index in [1.807, 2.05) is 12.1 Å². The van der Waals surface area contributed by atoms with Gasteiger partial charge in [0.05, 0.1) is 19.4 Å². The Balaban J connectivity index is 2.00. The van der Waals surface area contributed by atoms with Gasteiger partial charge in [0.2, 0.25) is 0 Å². The Hall–Kier alpha value is -1.26. The second-order valence-corrected chi connectivity index (χ2v) is 4.51. The fraction of sp³-hybridized carbons (Fsp3) is 0.538. The van der Waals surface area contributed by atoms with E-state index in [2.05, 4.69) is 18.0 Å². The molecule has 1 aromatic carbocycles. The second kappa shape index (κ2) is 5.38. The molecule has 2 N–H and O–H groups in total. The largest absolute Gasteiger partial charge is 0.495 e. The zero-order valence-corrected chi connectivity index (χ0v) is 10.5. The zero-order valence-electron chi connectivity index (χ0n) is 10.5. The van der Waals surface area contributed by atoms with E-state index in [0.717, 1.165) is 31.9 Å². The van der Waals surface area contributed by atoms with Crippen LogP contribution in [0.4, 0.5) is 5.69 Å². The molecule has 1 heterocycles. The lowest BCUT2D eigenvalue weighted by molar-refractivity contribution is 0.156. The van der Waals surface area contributed by atoms with Gasteiger partial charge in [-0.1, -0.05) is 6.07 Å². The molecule has 0 aromatic heterocycles. The van der Waals surface area contributed by atoms with Crippen LogP contribution in [-0.2, 0) is 11.3 Å². The van der Waals surface area contributed by atoms with Crippen LogP contribution in [0.15, 0.2) is 18.2 Å². The van der Waals surface area contributed by atoms with E-state index in [1.165, 1.54) is 5.56 Å². The highest BCUT2D eigenvalue weighted by Crippen LogP contribution is 2.23. The first-order valence-electron chi connectivity index (χ1n) is 5.91. The summed E-state index contributed by atoms with van der Waals surface area (Å²) in [6.07, 6.45) is 1.11. The lowest BCUT2D eigenvalue weighted by atomic mass is 10.1. The Kier molecular flexibility index (Phi) is 3.86. The van der Waals surface area contributed by atoms with Gasteiger partial charge in [-0.2, -0.15) is 0 Å². The molecule has 2 rings (SSSR count). The first kappa shape index (κ1) is 12.2. The minimum absolute atomic E-state index is 0.526. The van der Waals surface area contributed by atoms with Crippen molar-refractivity contribution in [1.29, 1.82) is 0 Å². The molecular weight excluding hydrogens is 216 g/mol. The van der Waals surface area contributed by atoms with Crippen molar-refractivity contribution in [3.8, 4) is 5.75 Å². The molecule has 0 aliphatic carbocycles. The maximum atomic E-state index is 5.89. The van der Waals surface area contributed by atoms with Crippen molar-refractivity contribution >= 4 is 5.69 Å². The number of benzene rings is 1. The van der Waals surface area contributed by atoms with E-state index in [-0.39, 0.29) is 0 Å². The highest BCUT2D eigenvalue weighted by Gasteiger charge is 2.20. The van der Waals surface area contributed by atoms with Crippen molar-refractivity contribution in [2.24, 2.45) is 0 Å². The van der Waals surface area contributed by atoms with E-state index in [4.69, 9.17) is 15.2 Å². The van der Waals surface area contributed by atoms with Gasteiger partial charge in [0.15, 0.2) is 0 Å². The van der Waals surface area contributed by atoms with Crippen LogP contribution >= 0.6 is 0 Å². The molecule has 0 spiro atoms. The number of rotatable bonds is 4. The number of methoxy groups -OCH3 is 1. The second-order valence-electron chi connectivity index (χ2n) is 4.51. The summed E-state index contributed by atoms with van der Waals surface area (Å²) in [6.45, 7) is 2.60. The topological polar surface area (TPSA) is 47.7 Å². The van der Waals surface area contributed by atoms with Crippen molar-refractivity contribution in [2.45, 2.75) is 19.0 Å². The van der Waals surface area contributed by atoms with Crippen LogP contribution < -0.4 is 10.5 Å². The molecule has 0 amide bonds. The standard InChI is InChI=1S/C13H20N2O2/c1-15(11-5-6-17-9-11)8-10-3-4-13(16-2)12(14)7-10/h3-4,7,11H,5-6,8-9,14H2,1-2H3. The zero-order chi connectivity index (χ0) is 12.3. The van der Waals surface area contributed by atoms with Gasteiger partial charge >= 0.3 is 0 Å². The van der Waals surface area contributed by atoms with Crippen LogP contribution in [0.2, 0.25) is 0 Å². The third-order valence-electron chi connectivity index (χ3n) is 3.26. The van der Waals surface area contributed by atoms with E-state index >= 15 is 0 Å². The van der Waals surface area contributed by atoms with Gasteiger partial charge in [0, 0.05) is 19.2 Å². The van der Waals surface area contributed by atoms with Gasteiger partial charge in [0.25, 0.3) is 0 Å². The summed E-state index contributed by atoms with van der Waals surface area (Å²) in [5.41, 5.74) is 7.79. The van der Waals surface area contributed by atoms with Gasteiger partial charge < -0.3 is 15.2 Å². The lowest BCUT2D eigenvalue weighted by Crippen LogP contribution is -2.31. The quantitative estimate of drug-likeness (QED) is 0.805. The molecule has 17 heavy (non-hydrogen) atoms. The number of anilines is 1. The Morgan fingerprint density at radius 1 is 1.53 bits per heavy atom. The van der Waals surface area contributed by atoms with E-state index in [1.54, 1.807) is 7.11 Å². The van der Waals surface area contributed by atoms with E-state index in [0.29, 0.717) is 11.7 Å². The molecular formula is C13H20N2O2. The molecule has 1 aromatic rings. The maximum absolute atomic E-state index is 5.89. The average Bonchev–Trinajstić information content (AvgIpc) is 2.82. The van der Waals surface area contributed by atoms with Crippen molar-refractivity contribution in [3.63, 3.8) is 0 Å². The number of hydrogen-bond donors (Lipinski definition) is 1. The van der Waals surface area contributed by atoms with Crippen LogP contribution in [0.5, 0.6) is 5.75 Å². The monoisotopic (exact) mass is 236 g/mol. The highest BCUT2D eigenvalue weighted by atomic mass is 16.5. The molecule has 1 atom stereocenters. The van der Waals surface area contributed by atoms with Gasteiger partial charge in [-0.15, -0.1) is 0 Å². The molecule has 4 heteroatoms. The molecule has 0 bridgehead atoms. The molecule has 1 fully saturated rings. The number of likely N-dealkylation sites (N-methyl/N-ethyl adjacent to an activating group) is 1. The molecule has 1 unspecified atom stereocenters. The Labute approximate surface area is 102 Å². The van der Waals surface area contributed by atoms with Gasteiger partial charge in [-0.3, -0.25) is 4.90 Å². The minimum Gasteiger partial charge on any atom is -0.495 e. The number of nitrogens with zero attached hydrogens (tertiary/aromatic N) is 1. The summed E-state index contributed by atoms with van der Waals surface area (Å²) in [7, 11) is 3.76. The number of nitrogens with two attached hydrogens (primary N) is 1. The lowest BCUT2D eigenvalue weighted by Gasteiger charge is -2.23. The third kappa shape index (κ3) is 2.90. The van der Waals surface area contributed by atoms with Gasteiger partial charge in [-0.25, -0.2) is 0 Å². The Morgan fingerprint density at radius 2 is 2.35 bits per heavy atom. The number of ether oxygens (including phenoxy) is 2. The molecule has 0 radical (unpaired) electrons. The fourth-order valence-corrected chi connectivity index (χ4v) is 2.17. The summed E-state index contributed by atoms with van der Waals surface area (Å²) in [5.74, 6) is 0.737. The predicted octanol–water partition coefficient (Wildman–Crippen LogP) is 1.50. The molecule has 1 aliphatic rings. The first-order valence-corrected chi connectivity index (χ1v) is 5.91. The van der Waals surface area contributed by atoms with E-state index in [9.17, 15) is 0 Å². The third-order valence-corrected chi connectivity index (χ3v) is 3.26. The number of hydrogen-bond acceptors (Lipinski definition) is 4. The molecule has 94 valence electrons. The normalized spacial score (nSPS) is 19.8. The molecule has 0 saturated carbocycles. The summed E-state index contributed by atoms with van der Waals surface area (Å²) < 4.78 is 10.5. The van der Waals surface area contributed by atoms with Crippen molar-refractivity contribution < 1.29 is 9.47 Å². The highest BCUT2D eigenvalue weighted by molar-refractivity contribution is 5.54. The SMILES string of the molecule is COc1ccc(CN(C)C2CCOC2)cc1N. The van der Waals surface area contributed by atoms with Crippen molar-refractivity contribution in [3.05, 3.63) is 23.8 Å². The average molecular weight is 236 g/mol. The van der Waals surface area contributed by atoms with Gasteiger partial charge in [0.1, 0.15) is 5.75 Å². The summed E-state index contributed by atoms with van der Waals surface area (Å²) in [4.78, 5) is 2.31. The minimum atomic E-state index is 0.526. The van der Waals surface area contributed by atoms with Gasteiger partial charge in [-0.05, 0) is 31.2 Å². The maximum Gasteiger partial charge on any atom is 0.141 e. The van der Waals surface area contributed by atoms with Crippen LogP contribution in [0, 0.1) is 0 Å². The number of nitrogen functional groups attached to an aromatic ring is 1. The molecule has 1 aliphatic heterocycles. The van der Waals surface area contributed by atoms with Crippen LogP contribution in [0.25, 0.3) is 0 Å². The predicted molar refractivity (Wildman–Crippen MR) is 68.1 cm³/mol. The van der Waals surface area contributed by atoms with Crippen LogP contribution in [-0.4, -0.2) is 38.3 Å². The van der Waals surface area contributed by atoms with Crippen molar-refractivity contribution in [2.75, 3.05) is 33.1 Å². The van der Waals surface area contributed by atoms with Crippen LogP contribution in [0.3, 0.4) is 0 Å². The first-order chi connectivity index (χ1) is 8.20. The fourth-order valence-electron chi connectivity index (χ4n) is 2.17. The summed E-state index contributed by atoms with van der Waals surface area (Å²) >= 11 is 0. The summed E-state index contributed by atoms with van der Waals surface area (Å²) in [5, 5.41) is 0. The van der Waals surface area contributed by atoms with E-state index < -0.39 is 0 Å². The summed E-state index contributed by atoms with van der Waals surface area (Å²) in [6, 6.07) is 6.48. The molecule has 4 nitrogen and oxygen atoms in total. The Morgan fingerprint density at radius 3 is 2.94 bits per heavy atom. The Bertz CT molecular complexity index is 376. The molecule has 1 saturated heterocycles.